The van der Waals surface area contributed by atoms with Gasteiger partial charge in [-0.15, -0.1) is 0 Å². The summed E-state index contributed by atoms with van der Waals surface area (Å²) >= 11 is 0. The van der Waals surface area contributed by atoms with Crippen molar-refractivity contribution in [3.63, 3.8) is 0 Å². The van der Waals surface area contributed by atoms with Crippen LogP contribution in [0.5, 0.6) is 0 Å². The van der Waals surface area contributed by atoms with Gasteiger partial charge in [0.15, 0.2) is 6.10 Å². The molecule has 2 fully saturated rings. The van der Waals surface area contributed by atoms with E-state index in [0.29, 0.717) is 5.56 Å². The quantitative estimate of drug-likeness (QED) is 0.922. The molecular formula is C18H23FN2O3. The van der Waals surface area contributed by atoms with Crippen LogP contribution in [0.3, 0.4) is 0 Å². The van der Waals surface area contributed by atoms with E-state index >= 15 is 0 Å². The Bertz CT molecular complexity index is 616. The molecule has 3 rings (SSSR count). The third-order valence-corrected chi connectivity index (χ3v) is 4.88. The highest BCUT2D eigenvalue weighted by Gasteiger charge is 2.40. The molecule has 2 aliphatic rings. The van der Waals surface area contributed by atoms with Crippen LogP contribution in [0.2, 0.25) is 0 Å². The Hall–Kier alpha value is -1.95. The van der Waals surface area contributed by atoms with Gasteiger partial charge in [-0.3, -0.25) is 9.59 Å². The average molecular weight is 334 g/mol. The van der Waals surface area contributed by atoms with Crippen molar-refractivity contribution in [1.82, 2.24) is 10.2 Å². The Morgan fingerprint density at radius 1 is 1.29 bits per heavy atom. The summed E-state index contributed by atoms with van der Waals surface area (Å²) in [7, 11) is 1.63. The fraction of sp³-hybridized carbons (Fsp3) is 0.556. The summed E-state index contributed by atoms with van der Waals surface area (Å²) in [4.78, 5) is 26.2. The Labute approximate surface area is 141 Å². The number of hydrogen-bond donors (Lipinski definition) is 1. The van der Waals surface area contributed by atoms with Gasteiger partial charge in [0, 0.05) is 13.1 Å². The number of likely N-dealkylation sites (N-methyl/N-ethyl adjacent to an activating group) is 1. The fourth-order valence-electron chi connectivity index (χ4n) is 3.55. The number of rotatable bonds is 3. The number of nitrogens with one attached hydrogen (secondary N) is 1. The van der Waals surface area contributed by atoms with Gasteiger partial charge in [-0.05, 0) is 30.5 Å². The van der Waals surface area contributed by atoms with E-state index in [0.717, 1.165) is 25.7 Å². The number of amides is 2. The minimum atomic E-state index is -0.823. The Morgan fingerprint density at radius 3 is 2.75 bits per heavy atom. The molecule has 1 heterocycles. The molecule has 5 nitrogen and oxygen atoms in total. The number of carbonyl (C=O) groups excluding carboxylic acids is 2. The lowest BCUT2D eigenvalue weighted by molar-refractivity contribution is -0.162. The first-order valence-corrected chi connectivity index (χ1v) is 8.49. The molecule has 0 spiro atoms. The topological polar surface area (TPSA) is 58.6 Å². The lowest BCUT2D eigenvalue weighted by Gasteiger charge is -2.39. The van der Waals surface area contributed by atoms with Crippen LogP contribution >= 0.6 is 0 Å². The number of nitrogens with zero attached hydrogens (tertiary/aromatic N) is 1. The van der Waals surface area contributed by atoms with Gasteiger partial charge in [0.25, 0.3) is 5.91 Å². The lowest BCUT2D eigenvalue weighted by Crippen LogP contribution is -2.54. The van der Waals surface area contributed by atoms with Gasteiger partial charge in [0.1, 0.15) is 12.4 Å². The van der Waals surface area contributed by atoms with Crippen molar-refractivity contribution in [2.75, 3.05) is 13.7 Å². The van der Waals surface area contributed by atoms with Gasteiger partial charge in [-0.2, -0.15) is 0 Å². The maximum Gasteiger partial charge on any atom is 0.251 e. The molecule has 1 aliphatic heterocycles. The summed E-state index contributed by atoms with van der Waals surface area (Å²) in [5, 5.41) is 3.04. The smallest absolute Gasteiger partial charge is 0.251 e. The number of benzene rings is 1. The molecule has 0 bridgehead atoms. The first kappa shape index (κ1) is 16.9. The monoisotopic (exact) mass is 334 g/mol. The standard InChI is InChI=1S/C18H23FN2O3/c1-21-15(22)11-24-17(16(21)12-6-5-7-13(19)10-12)18(23)20-14-8-3-2-4-9-14/h5-7,10,14,16-17H,2-4,8-9,11H2,1H3,(H,20,23)/t16-,17-/m1/s1. The maximum atomic E-state index is 13.6. The molecule has 1 N–H and O–H groups in total. The highest BCUT2D eigenvalue weighted by atomic mass is 19.1. The zero-order valence-corrected chi connectivity index (χ0v) is 13.8. The second-order valence-corrected chi connectivity index (χ2v) is 6.58. The summed E-state index contributed by atoms with van der Waals surface area (Å²) in [5.74, 6) is -0.841. The van der Waals surface area contributed by atoms with Crippen molar-refractivity contribution in [3.05, 3.63) is 35.6 Å². The highest BCUT2D eigenvalue weighted by molar-refractivity contribution is 5.86. The molecule has 0 unspecified atom stereocenters. The van der Waals surface area contributed by atoms with Crippen molar-refractivity contribution >= 4 is 11.8 Å². The van der Waals surface area contributed by atoms with Gasteiger partial charge in [-0.25, -0.2) is 4.39 Å². The van der Waals surface area contributed by atoms with Crippen LogP contribution in [0.4, 0.5) is 4.39 Å². The van der Waals surface area contributed by atoms with E-state index in [4.69, 9.17) is 4.74 Å². The molecule has 1 saturated heterocycles. The second-order valence-electron chi connectivity index (χ2n) is 6.58. The van der Waals surface area contributed by atoms with Crippen LogP contribution in [0, 0.1) is 5.82 Å². The summed E-state index contributed by atoms with van der Waals surface area (Å²) < 4.78 is 19.1. The van der Waals surface area contributed by atoms with E-state index in [9.17, 15) is 14.0 Å². The first-order chi connectivity index (χ1) is 11.6. The number of carbonyl (C=O) groups is 2. The van der Waals surface area contributed by atoms with Gasteiger partial charge in [-0.1, -0.05) is 31.4 Å². The van der Waals surface area contributed by atoms with Crippen molar-refractivity contribution < 1.29 is 18.7 Å². The molecular weight excluding hydrogens is 311 g/mol. The van der Waals surface area contributed by atoms with Crippen molar-refractivity contribution in [2.45, 2.75) is 50.3 Å². The molecule has 0 aromatic heterocycles. The van der Waals surface area contributed by atoms with E-state index in [-0.39, 0.29) is 24.5 Å². The van der Waals surface area contributed by atoms with Gasteiger partial charge in [0.2, 0.25) is 5.91 Å². The molecule has 1 saturated carbocycles. The van der Waals surface area contributed by atoms with Crippen LogP contribution in [0.25, 0.3) is 0 Å². The normalized spacial score (nSPS) is 25.6. The van der Waals surface area contributed by atoms with Crippen LogP contribution in [-0.4, -0.2) is 42.5 Å². The van der Waals surface area contributed by atoms with Crippen molar-refractivity contribution in [2.24, 2.45) is 0 Å². The molecule has 24 heavy (non-hydrogen) atoms. The fourth-order valence-corrected chi connectivity index (χ4v) is 3.55. The SMILES string of the molecule is CN1C(=O)CO[C@@H](C(=O)NC2CCCCC2)[C@H]1c1cccc(F)c1. The molecule has 6 heteroatoms. The van der Waals surface area contributed by atoms with E-state index in [2.05, 4.69) is 5.32 Å². The first-order valence-electron chi connectivity index (χ1n) is 8.49. The van der Waals surface area contributed by atoms with E-state index in [1.54, 1.807) is 19.2 Å². The minimum absolute atomic E-state index is 0.134. The van der Waals surface area contributed by atoms with Crippen LogP contribution in [-0.2, 0) is 14.3 Å². The predicted molar refractivity (Wildman–Crippen MR) is 86.7 cm³/mol. The third-order valence-electron chi connectivity index (χ3n) is 4.88. The number of morpholine rings is 1. The van der Waals surface area contributed by atoms with Crippen LogP contribution < -0.4 is 5.32 Å². The molecule has 1 aromatic carbocycles. The zero-order valence-electron chi connectivity index (χ0n) is 13.8. The Balaban J connectivity index is 1.80. The average Bonchev–Trinajstić information content (AvgIpc) is 2.58. The highest BCUT2D eigenvalue weighted by Crippen LogP contribution is 2.30. The van der Waals surface area contributed by atoms with E-state index in [1.807, 2.05) is 0 Å². The van der Waals surface area contributed by atoms with Crippen molar-refractivity contribution in [3.8, 4) is 0 Å². The molecule has 0 radical (unpaired) electrons. The Morgan fingerprint density at radius 2 is 2.04 bits per heavy atom. The number of hydrogen-bond acceptors (Lipinski definition) is 3. The zero-order chi connectivity index (χ0) is 17.1. The summed E-state index contributed by atoms with van der Waals surface area (Å²) in [5.41, 5.74) is 0.564. The maximum absolute atomic E-state index is 13.6. The van der Waals surface area contributed by atoms with E-state index < -0.39 is 18.0 Å². The number of halogens is 1. The third kappa shape index (κ3) is 3.59. The molecule has 2 amide bonds. The lowest BCUT2D eigenvalue weighted by atomic mass is 9.94. The van der Waals surface area contributed by atoms with Crippen LogP contribution in [0.1, 0.15) is 43.7 Å². The Kier molecular flexibility index (Phi) is 5.14. The summed E-state index contributed by atoms with van der Waals surface area (Å²) in [6.07, 6.45) is 4.55. The van der Waals surface area contributed by atoms with Gasteiger partial charge in [0.05, 0.1) is 6.04 Å². The molecule has 2 atom stereocenters. The largest absolute Gasteiger partial charge is 0.356 e. The van der Waals surface area contributed by atoms with E-state index in [1.165, 1.54) is 23.5 Å². The van der Waals surface area contributed by atoms with Crippen LogP contribution in [0.15, 0.2) is 24.3 Å². The van der Waals surface area contributed by atoms with Gasteiger partial charge >= 0.3 is 0 Å². The molecule has 1 aliphatic carbocycles. The molecule has 130 valence electrons. The predicted octanol–water partition coefficient (Wildman–Crippen LogP) is 2.17. The molecule has 1 aromatic rings. The van der Waals surface area contributed by atoms with Gasteiger partial charge < -0.3 is 15.0 Å². The number of ether oxygens (including phenoxy) is 1. The second kappa shape index (κ2) is 7.30. The minimum Gasteiger partial charge on any atom is -0.356 e. The summed E-state index contributed by atoms with van der Waals surface area (Å²) in [6, 6.07) is 5.52. The van der Waals surface area contributed by atoms with Crippen molar-refractivity contribution in [1.29, 1.82) is 0 Å². The summed E-state index contributed by atoms with van der Waals surface area (Å²) in [6.45, 7) is -0.134.